The first-order valence-electron chi connectivity index (χ1n) is 7.09. The molecule has 0 fully saturated rings. The Labute approximate surface area is 138 Å². The fraction of sp³-hybridized carbons (Fsp3) is 0.0556. The quantitative estimate of drug-likeness (QED) is 0.586. The van der Waals surface area contributed by atoms with E-state index in [1.807, 2.05) is 43.3 Å². The highest BCUT2D eigenvalue weighted by Gasteiger charge is 2.10. The summed E-state index contributed by atoms with van der Waals surface area (Å²) < 4.78 is 0. The molecule has 0 radical (unpaired) electrons. The zero-order chi connectivity index (χ0) is 16.2. The highest BCUT2D eigenvalue weighted by Crippen LogP contribution is 2.18. The average molecular weight is 324 g/mol. The van der Waals surface area contributed by atoms with Crippen LogP contribution in [0.1, 0.15) is 21.6 Å². The first-order chi connectivity index (χ1) is 11.1. The molecule has 3 aromatic rings. The molecular weight excluding hydrogens is 310 g/mol. The molecule has 1 aromatic heterocycles. The molecule has 1 heterocycles. The number of fused-ring (bicyclic) bond motifs is 1. The number of hydrogen-bond donors (Lipinski definition) is 1. The zero-order valence-electron chi connectivity index (χ0n) is 12.5. The van der Waals surface area contributed by atoms with Gasteiger partial charge in [0.25, 0.3) is 5.91 Å². The molecule has 0 saturated carbocycles. The van der Waals surface area contributed by atoms with Crippen LogP contribution < -0.4 is 5.43 Å². The number of aryl methyl sites for hydroxylation is 1. The number of hydrogen-bond acceptors (Lipinski definition) is 3. The van der Waals surface area contributed by atoms with Crippen LogP contribution in [0.5, 0.6) is 0 Å². The highest BCUT2D eigenvalue weighted by atomic mass is 35.5. The SMILES string of the molecule is Cc1cc(C(=O)NN=Cc2cccc(Cl)c2)c2ccccc2n1. The molecule has 3 rings (SSSR count). The molecule has 0 unspecified atom stereocenters. The van der Waals surface area contributed by atoms with Gasteiger partial charge in [-0.05, 0) is 36.8 Å². The fourth-order valence-corrected chi connectivity index (χ4v) is 2.51. The number of benzene rings is 2. The molecule has 4 nitrogen and oxygen atoms in total. The van der Waals surface area contributed by atoms with Crippen molar-refractivity contribution >= 4 is 34.6 Å². The predicted molar refractivity (Wildman–Crippen MR) is 93.0 cm³/mol. The number of halogens is 1. The normalized spacial score (nSPS) is 11.0. The van der Waals surface area contributed by atoms with Crippen LogP contribution in [0.2, 0.25) is 5.02 Å². The lowest BCUT2D eigenvalue weighted by Gasteiger charge is -2.06. The van der Waals surface area contributed by atoms with E-state index in [0.717, 1.165) is 22.2 Å². The summed E-state index contributed by atoms with van der Waals surface area (Å²) in [5.41, 5.74) is 5.48. The summed E-state index contributed by atoms with van der Waals surface area (Å²) in [7, 11) is 0. The number of para-hydroxylation sites is 1. The molecule has 0 spiro atoms. The summed E-state index contributed by atoms with van der Waals surface area (Å²) in [4.78, 5) is 16.8. The molecule has 0 aliphatic rings. The standard InChI is InChI=1S/C18H14ClN3O/c1-12-9-16(15-7-2-3-8-17(15)21-12)18(23)22-20-11-13-5-4-6-14(19)10-13/h2-11H,1H3,(H,22,23). The van der Waals surface area contributed by atoms with Crippen molar-refractivity contribution < 1.29 is 4.79 Å². The molecule has 0 bridgehead atoms. The van der Waals surface area contributed by atoms with Gasteiger partial charge in [0.2, 0.25) is 0 Å². The number of nitrogens with one attached hydrogen (secondary N) is 1. The van der Waals surface area contributed by atoms with Gasteiger partial charge in [-0.1, -0.05) is 41.9 Å². The Balaban J connectivity index is 1.84. The smallest absolute Gasteiger partial charge is 0.267 e. The zero-order valence-corrected chi connectivity index (χ0v) is 13.2. The van der Waals surface area contributed by atoms with Crippen molar-refractivity contribution in [3.8, 4) is 0 Å². The topological polar surface area (TPSA) is 54.4 Å². The summed E-state index contributed by atoms with van der Waals surface area (Å²) in [5, 5.41) is 5.41. The molecule has 1 N–H and O–H groups in total. The third-order valence-corrected chi connectivity index (χ3v) is 3.55. The summed E-state index contributed by atoms with van der Waals surface area (Å²) >= 11 is 5.91. The van der Waals surface area contributed by atoms with Crippen molar-refractivity contribution in [3.63, 3.8) is 0 Å². The number of pyridine rings is 1. The van der Waals surface area contributed by atoms with E-state index in [9.17, 15) is 4.79 Å². The van der Waals surface area contributed by atoms with E-state index >= 15 is 0 Å². The second-order valence-electron chi connectivity index (χ2n) is 5.08. The van der Waals surface area contributed by atoms with E-state index in [4.69, 9.17) is 11.6 Å². The van der Waals surface area contributed by atoms with Gasteiger partial charge >= 0.3 is 0 Å². The van der Waals surface area contributed by atoms with Gasteiger partial charge in [-0.25, -0.2) is 5.43 Å². The number of carbonyl (C=O) groups excluding carboxylic acids is 1. The first-order valence-corrected chi connectivity index (χ1v) is 7.46. The molecule has 0 atom stereocenters. The number of carbonyl (C=O) groups is 1. The Hall–Kier alpha value is -2.72. The number of nitrogens with zero attached hydrogens (tertiary/aromatic N) is 2. The van der Waals surface area contributed by atoms with E-state index in [0.29, 0.717) is 10.6 Å². The van der Waals surface area contributed by atoms with Crippen LogP contribution in [0.15, 0.2) is 59.7 Å². The number of hydrazone groups is 1. The van der Waals surface area contributed by atoms with Crippen molar-refractivity contribution in [1.29, 1.82) is 0 Å². The molecule has 23 heavy (non-hydrogen) atoms. The van der Waals surface area contributed by atoms with Crippen LogP contribution in [-0.2, 0) is 0 Å². The summed E-state index contributed by atoms with van der Waals surface area (Å²) in [6.45, 7) is 1.86. The van der Waals surface area contributed by atoms with Gasteiger partial charge in [0.05, 0.1) is 17.3 Å². The third kappa shape index (κ3) is 3.55. The van der Waals surface area contributed by atoms with E-state index in [1.165, 1.54) is 0 Å². The van der Waals surface area contributed by atoms with E-state index in [-0.39, 0.29) is 5.91 Å². The minimum absolute atomic E-state index is 0.273. The Kier molecular flexibility index (Phi) is 4.35. The van der Waals surface area contributed by atoms with Gasteiger partial charge in [-0.15, -0.1) is 0 Å². The largest absolute Gasteiger partial charge is 0.272 e. The van der Waals surface area contributed by atoms with Gasteiger partial charge < -0.3 is 0 Å². The predicted octanol–water partition coefficient (Wildman–Crippen LogP) is 3.96. The first kappa shape index (κ1) is 15.2. The maximum absolute atomic E-state index is 12.4. The molecule has 0 saturated heterocycles. The van der Waals surface area contributed by atoms with Crippen LogP contribution in [0.4, 0.5) is 0 Å². The van der Waals surface area contributed by atoms with E-state index in [1.54, 1.807) is 24.4 Å². The summed E-state index contributed by atoms with van der Waals surface area (Å²) in [6, 6.07) is 16.5. The Morgan fingerprint density at radius 1 is 1.17 bits per heavy atom. The van der Waals surface area contributed by atoms with Gasteiger partial charge in [0.1, 0.15) is 0 Å². The Morgan fingerprint density at radius 3 is 2.83 bits per heavy atom. The lowest BCUT2D eigenvalue weighted by atomic mass is 10.1. The van der Waals surface area contributed by atoms with Crippen LogP contribution in [0.3, 0.4) is 0 Å². The molecule has 0 aliphatic heterocycles. The lowest BCUT2D eigenvalue weighted by molar-refractivity contribution is 0.0956. The Bertz CT molecular complexity index is 906. The molecule has 2 aromatic carbocycles. The van der Waals surface area contributed by atoms with Crippen molar-refractivity contribution in [3.05, 3.63) is 76.4 Å². The molecular formula is C18H14ClN3O. The van der Waals surface area contributed by atoms with Crippen molar-refractivity contribution in [2.75, 3.05) is 0 Å². The van der Waals surface area contributed by atoms with E-state index < -0.39 is 0 Å². The van der Waals surface area contributed by atoms with Crippen LogP contribution >= 0.6 is 11.6 Å². The number of aromatic nitrogens is 1. The van der Waals surface area contributed by atoms with Crippen molar-refractivity contribution in [2.45, 2.75) is 6.92 Å². The molecule has 114 valence electrons. The fourth-order valence-electron chi connectivity index (χ4n) is 2.31. The van der Waals surface area contributed by atoms with E-state index in [2.05, 4.69) is 15.5 Å². The number of rotatable bonds is 3. The summed E-state index contributed by atoms with van der Waals surface area (Å²) in [5.74, 6) is -0.273. The van der Waals surface area contributed by atoms with Gasteiger partial charge in [0.15, 0.2) is 0 Å². The number of amides is 1. The van der Waals surface area contributed by atoms with Gasteiger partial charge in [-0.3, -0.25) is 9.78 Å². The van der Waals surface area contributed by atoms with Crippen molar-refractivity contribution in [2.24, 2.45) is 5.10 Å². The van der Waals surface area contributed by atoms with Crippen molar-refractivity contribution in [1.82, 2.24) is 10.4 Å². The minimum Gasteiger partial charge on any atom is -0.267 e. The second kappa shape index (κ2) is 6.58. The van der Waals surface area contributed by atoms with Crippen LogP contribution in [0.25, 0.3) is 10.9 Å². The summed E-state index contributed by atoms with van der Waals surface area (Å²) in [6.07, 6.45) is 1.56. The monoisotopic (exact) mass is 323 g/mol. The molecule has 5 heteroatoms. The van der Waals surface area contributed by atoms with Crippen LogP contribution in [-0.4, -0.2) is 17.1 Å². The highest BCUT2D eigenvalue weighted by molar-refractivity contribution is 6.30. The molecule has 0 aliphatic carbocycles. The average Bonchev–Trinajstić information content (AvgIpc) is 2.54. The maximum atomic E-state index is 12.4. The Morgan fingerprint density at radius 2 is 2.00 bits per heavy atom. The molecule has 1 amide bonds. The minimum atomic E-state index is -0.273. The maximum Gasteiger partial charge on any atom is 0.272 e. The third-order valence-electron chi connectivity index (χ3n) is 3.32. The van der Waals surface area contributed by atoms with Crippen LogP contribution in [0, 0.1) is 6.92 Å². The lowest BCUT2D eigenvalue weighted by Crippen LogP contribution is -2.18. The second-order valence-corrected chi connectivity index (χ2v) is 5.52. The van der Waals surface area contributed by atoms with Gasteiger partial charge in [-0.2, -0.15) is 5.10 Å². The van der Waals surface area contributed by atoms with Gasteiger partial charge in [0, 0.05) is 16.1 Å².